The molecule has 2 aromatic carbocycles. The topological polar surface area (TPSA) is 41.9 Å². The number of hydrogen-bond donors (Lipinski definition) is 0. The van der Waals surface area contributed by atoms with Gasteiger partial charge in [0, 0.05) is 33.0 Å². The van der Waals surface area contributed by atoms with Crippen LogP contribution in [0.2, 0.25) is 0 Å². The summed E-state index contributed by atoms with van der Waals surface area (Å²) in [6, 6.07) is 19.7. The number of hydrogen-bond acceptors (Lipinski definition) is 3. The average molecular weight is 350 g/mol. The molecule has 1 saturated heterocycles. The van der Waals surface area contributed by atoms with E-state index in [1.165, 1.54) is 0 Å². The minimum absolute atomic E-state index is 0.0293. The van der Waals surface area contributed by atoms with Crippen LogP contribution < -0.4 is 0 Å². The smallest absolute Gasteiger partial charge is 0.318 e. The van der Waals surface area contributed by atoms with Crippen LogP contribution in [0.4, 0.5) is 0 Å². The predicted molar refractivity (Wildman–Crippen MR) is 104 cm³/mol. The van der Waals surface area contributed by atoms with Crippen molar-refractivity contribution < 1.29 is 9.53 Å². The summed E-state index contributed by atoms with van der Waals surface area (Å²) in [6.45, 7) is 3.78. The number of carbonyl (C=O) groups excluding carboxylic acids is 1. The third-order valence-electron chi connectivity index (χ3n) is 5.01. The SMILES string of the molecule is CN=C(C)N1CCC(OC(=O)C(c2ccccc2)c2ccccc2)CC1. The molecular weight excluding hydrogens is 324 g/mol. The van der Waals surface area contributed by atoms with Crippen LogP contribution >= 0.6 is 0 Å². The second-order valence-corrected chi connectivity index (χ2v) is 6.65. The summed E-state index contributed by atoms with van der Waals surface area (Å²) in [6.07, 6.45) is 1.66. The Morgan fingerprint density at radius 2 is 1.50 bits per heavy atom. The fraction of sp³-hybridized carbons (Fsp3) is 0.364. The van der Waals surface area contributed by atoms with E-state index in [0.29, 0.717) is 0 Å². The van der Waals surface area contributed by atoms with Gasteiger partial charge in [0.15, 0.2) is 0 Å². The highest BCUT2D eigenvalue weighted by Gasteiger charge is 2.29. The van der Waals surface area contributed by atoms with Crippen molar-refractivity contribution in [1.82, 2.24) is 4.90 Å². The molecule has 1 aliphatic rings. The molecule has 4 nitrogen and oxygen atoms in total. The zero-order valence-corrected chi connectivity index (χ0v) is 15.5. The molecular formula is C22H26N2O2. The van der Waals surface area contributed by atoms with Crippen LogP contribution in [0.3, 0.4) is 0 Å². The lowest BCUT2D eigenvalue weighted by molar-refractivity contribution is -0.151. The number of esters is 1. The normalized spacial score (nSPS) is 16.0. The van der Waals surface area contributed by atoms with Gasteiger partial charge in [0.2, 0.25) is 0 Å². The zero-order chi connectivity index (χ0) is 18.4. The number of aliphatic imine (C=N–C) groups is 1. The lowest BCUT2D eigenvalue weighted by Gasteiger charge is -2.33. The average Bonchev–Trinajstić information content (AvgIpc) is 2.70. The Bertz CT molecular complexity index is 696. The molecule has 0 amide bonds. The molecule has 3 rings (SSSR count). The summed E-state index contributed by atoms with van der Waals surface area (Å²) in [5, 5.41) is 0. The van der Waals surface area contributed by atoms with E-state index >= 15 is 0 Å². The molecule has 0 N–H and O–H groups in total. The third-order valence-corrected chi connectivity index (χ3v) is 5.01. The highest BCUT2D eigenvalue weighted by Crippen LogP contribution is 2.27. The van der Waals surface area contributed by atoms with Crippen LogP contribution in [0.15, 0.2) is 65.7 Å². The molecule has 0 spiro atoms. The van der Waals surface area contributed by atoms with Crippen molar-refractivity contribution in [3.8, 4) is 0 Å². The molecule has 1 aliphatic heterocycles. The predicted octanol–water partition coefficient (Wildman–Crippen LogP) is 3.87. The van der Waals surface area contributed by atoms with Crippen molar-refractivity contribution in [2.45, 2.75) is 31.8 Å². The van der Waals surface area contributed by atoms with Crippen molar-refractivity contribution in [3.05, 3.63) is 71.8 Å². The second kappa shape index (κ2) is 8.65. The Kier molecular flexibility index (Phi) is 6.05. The van der Waals surface area contributed by atoms with Crippen LogP contribution in [-0.2, 0) is 9.53 Å². The fourth-order valence-electron chi connectivity index (χ4n) is 3.43. The number of ether oxygens (including phenoxy) is 1. The number of amidine groups is 1. The van der Waals surface area contributed by atoms with Crippen molar-refractivity contribution in [1.29, 1.82) is 0 Å². The van der Waals surface area contributed by atoms with Gasteiger partial charge in [-0.05, 0) is 18.1 Å². The first kappa shape index (κ1) is 18.2. The standard InChI is InChI=1S/C22H26N2O2/c1-17(23-2)24-15-13-20(14-16-24)26-22(25)21(18-9-5-3-6-10-18)19-11-7-4-8-12-19/h3-12,20-21H,13-16H2,1-2H3. The van der Waals surface area contributed by atoms with Gasteiger partial charge in [-0.15, -0.1) is 0 Å². The lowest BCUT2D eigenvalue weighted by Crippen LogP contribution is -2.40. The Morgan fingerprint density at radius 1 is 1.00 bits per heavy atom. The van der Waals surface area contributed by atoms with Crippen LogP contribution in [0.25, 0.3) is 0 Å². The molecule has 0 unspecified atom stereocenters. The molecule has 0 bridgehead atoms. The van der Waals surface area contributed by atoms with E-state index in [1.54, 1.807) is 0 Å². The molecule has 2 aromatic rings. The fourth-order valence-corrected chi connectivity index (χ4v) is 3.43. The van der Waals surface area contributed by atoms with Crippen LogP contribution in [0.1, 0.15) is 36.8 Å². The molecule has 136 valence electrons. The number of likely N-dealkylation sites (tertiary alicyclic amines) is 1. The van der Waals surface area contributed by atoms with Gasteiger partial charge in [-0.1, -0.05) is 60.7 Å². The molecule has 26 heavy (non-hydrogen) atoms. The van der Waals surface area contributed by atoms with E-state index in [2.05, 4.69) is 9.89 Å². The van der Waals surface area contributed by atoms with E-state index in [4.69, 9.17) is 4.74 Å². The number of rotatable bonds is 4. The van der Waals surface area contributed by atoms with E-state index in [-0.39, 0.29) is 18.0 Å². The van der Waals surface area contributed by atoms with E-state index < -0.39 is 0 Å². The summed E-state index contributed by atoms with van der Waals surface area (Å²) in [4.78, 5) is 19.5. The van der Waals surface area contributed by atoms with Gasteiger partial charge in [-0.3, -0.25) is 9.79 Å². The van der Waals surface area contributed by atoms with Gasteiger partial charge in [0.05, 0.1) is 5.84 Å². The second-order valence-electron chi connectivity index (χ2n) is 6.65. The highest BCUT2D eigenvalue weighted by atomic mass is 16.5. The summed E-state index contributed by atoms with van der Waals surface area (Å²) in [5.74, 6) is 0.498. The summed E-state index contributed by atoms with van der Waals surface area (Å²) < 4.78 is 5.92. The van der Waals surface area contributed by atoms with Crippen molar-refractivity contribution >= 4 is 11.8 Å². The van der Waals surface area contributed by atoms with Gasteiger partial charge in [-0.25, -0.2) is 0 Å². The first-order chi connectivity index (χ1) is 12.7. The van der Waals surface area contributed by atoms with Gasteiger partial charge in [0.25, 0.3) is 0 Å². The molecule has 0 aliphatic carbocycles. The lowest BCUT2D eigenvalue weighted by atomic mass is 9.91. The summed E-state index contributed by atoms with van der Waals surface area (Å²) >= 11 is 0. The number of benzene rings is 2. The Balaban J connectivity index is 1.71. The Morgan fingerprint density at radius 3 is 1.96 bits per heavy atom. The van der Waals surface area contributed by atoms with E-state index in [9.17, 15) is 4.79 Å². The van der Waals surface area contributed by atoms with Crippen LogP contribution in [-0.4, -0.2) is 42.9 Å². The van der Waals surface area contributed by atoms with Crippen LogP contribution in [0.5, 0.6) is 0 Å². The third kappa shape index (κ3) is 4.31. The molecule has 0 atom stereocenters. The number of nitrogens with zero attached hydrogens (tertiary/aromatic N) is 2. The first-order valence-corrected chi connectivity index (χ1v) is 9.17. The summed E-state index contributed by atoms with van der Waals surface area (Å²) in [7, 11) is 1.81. The molecule has 0 radical (unpaired) electrons. The van der Waals surface area contributed by atoms with E-state index in [1.807, 2.05) is 74.6 Å². The minimum atomic E-state index is -0.380. The van der Waals surface area contributed by atoms with Crippen molar-refractivity contribution in [3.63, 3.8) is 0 Å². The zero-order valence-electron chi connectivity index (χ0n) is 15.5. The molecule has 1 heterocycles. The van der Waals surface area contributed by atoms with Gasteiger partial charge in [-0.2, -0.15) is 0 Å². The van der Waals surface area contributed by atoms with Crippen LogP contribution in [0, 0.1) is 0 Å². The highest BCUT2D eigenvalue weighted by molar-refractivity contribution is 5.82. The van der Waals surface area contributed by atoms with Crippen molar-refractivity contribution in [2.24, 2.45) is 4.99 Å². The first-order valence-electron chi connectivity index (χ1n) is 9.17. The number of piperidine rings is 1. The van der Waals surface area contributed by atoms with Gasteiger partial charge < -0.3 is 9.64 Å². The maximum Gasteiger partial charge on any atom is 0.318 e. The number of carbonyl (C=O) groups is 1. The quantitative estimate of drug-likeness (QED) is 0.477. The molecule has 4 heteroatoms. The molecule has 1 fully saturated rings. The monoisotopic (exact) mass is 350 g/mol. The van der Waals surface area contributed by atoms with E-state index in [0.717, 1.165) is 42.9 Å². The Labute approximate surface area is 155 Å². The summed E-state index contributed by atoms with van der Waals surface area (Å²) in [5.41, 5.74) is 1.94. The molecule has 0 saturated carbocycles. The van der Waals surface area contributed by atoms with Gasteiger partial charge in [0.1, 0.15) is 12.0 Å². The van der Waals surface area contributed by atoms with Crippen molar-refractivity contribution in [2.75, 3.05) is 20.1 Å². The largest absolute Gasteiger partial charge is 0.462 e. The molecule has 0 aromatic heterocycles. The Hall–Kier alpha value is -2.62. The minimum Gasteiger partial charge on any atom is -0.462 e. The maximum absolute atomic E-state index is 13.0. The van der Waals surface area contributed by atoms with Gasteiger partial charge >= 0.3 is 5.97 Å². The maximum atomic E-state index is 13.0.